The first-order valence-corrected chi connectivity index (χ1v) is 17.5. The molecule has 0 aliphatic carbocycles. The number of aromatic nitrogens is 2. The molecule has 0 spiro atoms. The van der Waals surface area contributed by atoms with Gasteiger partial charge in [-0.15, -0.1) is 0 Å². The summed E-state index contributed by atoms with van der Waals surface area (Å²) in [5.74, 6) is 0. The maximum atomic E-state index is 10.3. The first-order chi connectivity index (χ1) is 25.6. The lowest BCUT2D eigenvalue weighted by atomic mass is 9.79. The average molecular weight is 669 g/mol. The number of furan rings is 1. The van der Waals surface area contributed by atoms with Crippen molar-refractivity contribution < 1.29 is 14.5 Å². The zero-order chi connectivity index (χ0) is 34.5. The van der Waals surface area contributed by atoms with Crippen LogP contribution in [0.1, 0.15) is 0 Å². The van der Waals surface area contributed by atoms with E-state index in [0.29, 0.717) is 16.6 Å². The molecule has 0 atom stereocenters. The Balaban J connectivity index is 1.19. The molecule has 0 amide bonds. The maximum Gasteiger partial charge on any atom is 0.492 e. The molecule has 11 aromatic rings. The topological polar surface area (TPSA) is 63.5 Å². The van der Waals surface area contributed by atoms with Gasteiger partial charge >= 0.3 is 7.12 Å². The standard InChI is InChI=1S/C46H29BN2O3/c50-47(51)38-20-23-42(45-34-15-7-9-17-44(34)52-46(38)45)49-41-22-19-31(26-36(41)37-24-28-10-4-5-11-29(28)27-43(37)49)30-18-21-40-35(25-30)33-14-6-8-16-39(33)48(40)32-12-2-1-3-13-32/h1-27,50-51H. The first-order valence-electron chi connectivity index (χ1n) is 17.5. The van der Waals surface area contributed by atoms with Crippen molar-refractivity contribution in [1.82, 2.24) is 9.13 Å². The monoisotopic (exact) mass is 668 g/mol. The van der Waals surface area contributed by atoms with Gasteiger partial charge in [-0.1, -0.05) is 97.1 Å². The molecule has 0 aliphatic rings. The molecule has 5 nitrogen and oxygen atoms in total. The lowest BCUT2D eigenvalue weighted by Gasteiger charge is -2.12. The molecule has 52 heavy (non-hydrogen) atoms. The summed E-state index contributed by atoms with van der Waals surface area (Å²) in [5.41, 5.74) is 10.3. The molecule has 11 rings (SSSR count). The molecular formula is C46H29BN2O3. The smallest absolute Gasteiger partial charge is 0.456 e. The van der Waals surface area contributed by atoms with Crippen molar-refractivity contribution in [3.8, 4) is 22.5 Å². The summed E-state index contributed by atoms with van der Waals surface area (Å²) in [6, 6.07) is 57.4. The van der Waals surface area contributed by atoms with Crippen molar-refractivity contribution in [2.75, 3.05) is 0 Å². The lowest BCUT2D eigenvalue weighted by molar-refractivity contribution is 0.425. The Morgan fingerprint density at radius 2 is 1.04 bits per heavy atom. The highest BCUT2D eigenvalue weighted by Crippen LogP contribution is 2.42. The fourth-order valence-corrected chi connectivity index (χ4v) is 8.37. The van der Waals surface area contributed by atoms with E-state index in [4.69, 9.17) is 4.42 Å². The highest BCUT2D eigenvalue weighted by molar-refractivity contribution is 6.62. The van der Waals surface area contributed by atoms with E-state index in [1.165, 1.54) is 27.2 Å². The van der Waals surface area contributed by atoms with E-state index in [1.807, 2.05) is 30.3 Å². The Morgan fingerprint density at radius 1 is 0.442 bits per heavy atom. The molecule has 0 radical (unpaired) electrons. The largest absolute Gasteiger partial charge is 0.492 e. The summed E-state index contributed by atoms with van der Waals surface area (Å²) in [7, 11) is -1.67. The van der Waals surface area contributed by atoms with Crippen LogP contribution in [0.25, 0.3) is 98.8 Å². The minimum absolute atomic E-state index is 0.340. The Kier molecular flexibility index (Phi) is 6.14. The van der Waals surface area contributed by atoms with Crippen LogP contribution in [0.5, 0.6) is 0 Å². The van der Waals surface area contributed by atoms with Crippen molar-refractivity contribution in [3.05, 3.63) is 164 Å². The minimum Gasteiger partial charge on any atom is -0.456 e. The van der Waals surface area contributed by atoms with Crippen LogP contribution in [0, 0.1) is 0 Å². The van der Waals surface area contributed by atoms with Crippen LogP contribution >= 0.6 is 0 Å². The fraction of sp³-hybridized carbons (Fsp3) is 0. The molecule has 2 N–H and O–H groups in total. The minimum atomic E-state index is -1.67. The third-order valence-electron chi connectivity index (χ3n) is 10.7. The van der Waals surface area contributed by atoms with Crippen LogP contribution in [-0.4, -0.2) is 26.3 Å². The summed E-state index contributed by atoms with van der Waals surface area (Å²) in [6.07, 6.45) is 0. The molecule has 244 valence electrons. The van der Waals surface area contributed by atoms with Crippen molar-refractivity contribution >= 4 is 88.9 Å². The van der Waals surface area contributed by atoms with Crippen molar-refractivity contribution in [2.45, 2.75) is 0 Å². The van der Waals surface area contributed by atoms with Crippen LogP contribution in [0.3, 0.4) is 0 Å². The SMILES string of the molecule is OB(O)c1ccc(-n2c3ccc(-c4ccc5c(c4)c4ccccc4n5-c4ccccc4)cc3c3cc4ccccc4cc32)c2c1oc1ccccc12. The molecule has 0 aliphatic heterocycles. The molecule has 0 bridgehead atoms. The Hall–Kier alpha value is -6.60. The third kappa shape index (κ3) is 4.13. The van der Waals surface area contributed by atoms with Crippen LogP contribution in [0.2, 0.25) is 0 Å². The number of fused-ring (bicyclic) bond motifs is 10. The molecule has 8 aromatic carbocycles. The predicted octanol–water partition coefficient (Wildman–Crippen LogP) is 10.3. The van der Waals surface area contributed by atoms with Gasteiger partial charge in [0.1, 0.15) is 11.2 Å². The zero-order valence-corrected chi connectivity index (χ0v) is 27.9. The van der Waals surface area contributed by atoms with Crippen molar-refractivity contribution in [1.29, 1.82) is 0 Å². The number of nitrogens with zero attached hydrogens (tertiary/aromatic N) is 2. The van der Waals surface area contributed by atoms with Gasteiger partial charge in [0, 0.05) is 38.1 Å². The van der Waals surface area contributed by atoms with Crippen molar-refractivity contribution in [2.24, 2.45) is 0 Å². The second-order valence-corrected chi connectivity index (χ2v) is 13.6. The van der Waals surface area contributed by atoms with Crippen molar-refractivity contribution in [3.63, 3.8) is 0 Å². The second-order valence-electron chi connectivity index (χ2n) is 13.6. The Morgan fingerprint density at radius 3 is 1.81 bits per heavy atom. The van der Waals surface area contributed by atoms with Gasteiger partial charge in [-0.3, -0.25) is 0 Å². The Labute approximate surface area is 297 Å². The molecule has 0 fully saturated rings. The number of rotatable bonds is 4. The van der Waals surface area contributed by atoms with Gasteiger partial charge in [-0.25, -0.2) is 0 Å². The van der Waals surface area contributed by atoms with E-state index in [0.717, 1.165) is 60.5 Å². The average Bonchev–Trinajstić information content (AvgIpc) is 3.84. The quantitative estimate of drug-likeness (QED) is 0.184. The zero-order valence-electron chi connectivity index (χ0n) is 27.9. The summed E-state index contributed by atoms with van der Waals surface area (Å²) in [6.45, 7) is 0. The number of hydrogen-bond acceptors (Lipinski definition) is 3. The van der Waals surface area contributed by atoms with Gasteiger partial charge in [0.05, 0.1) is 33.1 Å². The predicted molar refractivity (Wildman–Crippen MR) is 215 cm³/mol. The van der Waals surface area contributed by atoms with Crippen LogP contribution in [0.15, 0.2) is 168 Å². The van der Waals surface area contributed by atoms with Gasteiger partial charge in [-0.05, 0) is 88.6 Å². The summed E-state index contributed by atoms with van der Waals surface area (Å²) < 4.78 is 11.0. The second kappa shape index (κ2) is 11.0. The third-order valence-corrected chi connectivity index (χ3v) is 10.7. The molecular weight excluding hydrogens is 639 g/mol. The molecule has 6 heteroatoms. The Bertz CT molecular complexity index is 3230. The summed E-state index contributed by atoms with van der Waals surface area (Å²) >= 11 is 0. The first kappa shape index (κ1) is 29.2. The van der Waals surface area contributed by atoms with E-state index in [2.05, 4.69) is 137 Å². The number of benzene rings is 8. The normalized spacial score (nSPS) is 12.0. The summed E-state index contributed by atoms with van der Waals surface area (Å²) in [4.78, 5) is 0. The molecule has 0 saturated heterocycles. The fourth-order valence-electron chi connectivity index (χ4n) is 8.37. The van der Waals surface area contributed by atoms with Crippen LogP contribution < -0.4 is 5.46 Å². The van der Waals surface area contributed by atoms with Gasteiger partial charge in [-0.2, -0.15) is 0 Å². The maximum absolute atomic E-state index is 10.3. The van der Waals surface area contributed by atoms with E-state index in [9.17, 15) is 10.0 Å². The number of hydrogen-bond donors (Lipinski definition) is 2. The molecule has 0 unspecified atom stereocenters. The van der Waals surface area contributed by atoms with Gasteiger partial charge in [0.15, 0.2) is 0 Å². The molecule has 3 heterocycles. The number of para-hydroxylation sites is 3. The van der Waals surface area contributed by atoms with E-state index in [1.54, 1.807) is 6.07 Å². The highest BCUT2D eigenvalue weighted by atomic mass is 16.4. The van der Waals surface area contributed by atoms with Gasteiger partial charge in [0.2, 0.25) is 0 Å². The van der Waals surface area contributed by atoms with Gasteiger partial charge < -0.3 is 23.6 Å². The van der Waals surface area contributed by atoms with E-state index >= 15 is 0 Å². The van der Waals surface area contributed by atoms with Crippen LogP contribution in [0.4, 0.5) is 0 Å². The summed E-state index contributed by atoms with van der Waals surface area (Å²) in [5, 5.41) is 29.5. The highest BCUT2D eigenvalue weighted by Gasteiger charge is 2.24. The van der Waals surface area contributed by atoms with Gasteiger partial charge in [0.25, 0.3) is 0 Å². The molecule has 3 aromatic heterocycles. The lowest BCUT2D eigenvalue weighted by Crippen LogP contribution is -2.30. The molecule has 0 saturated carbocycles. The van der Waals surface area contributed by atoms with Crippen LogP contribution in [-0.2, 0) is 0 Å². The van der Waals surface area contributed by atoms with E-state index in [-0.39, 0.29) is 0 Å². The van der Waals surface area contributed by atoms with E-state index < -0.39 is 7.12 Å².